The summed E-state index contributed by atoms with van der Waals surface area (Å²) in [5.74, 6) is 1.23. The van der Waals surface area contributed by atoms with Gasteiger partial charge in [0.2, 0.25) is 0 Å². The molecular weight excluding hydrogens is 212 g/mol. The van der Waals surface area contributed by atoms with Crippen molar-refractivity contribution < 1.29 is 0 Å². The number of likely N-dealkylation sites (N-methyl/N-ethyl adjacent to an activating group) is 1. The molecule has 0 aromatic carbocycles. The van der Waals surface area contributed by atoms with E-state index in [9.17, 15) is 0 Å². The molecular formula is C13H22N4. The fourth-order valence-corrected chi connectivity index (χ4v) is 3.36. The van der Waals surface area contributed by atoms with E-state index in [4.69, 9.17) is 0 Å². The first-order valence-corrected chi connectivity index (χ1v) is 6.80. The van der Waals surface area contributed by atoms with Gasteiger partial charge in [0.15, 0.2) is 0 Å². The van der Waals surface area contributed by atoms with Crippen molar-refractivity contribution in [3.8, 4) is 0 Å². The molecule has 1 aliphatic heterocycles. The number of hydrogen-bond acceptors (Lipinski definition) is 3. The smallest absolute Gasteiger partial charge is 0.122 e. The van der Waals surface area contributed by atoms with E-state index in [-0.39, 0.29) is 0 Å². The van der Waals surface area contributed by atoms with Crippen LogP contribution in [-0.2, 0) is 13.1 Å². The third kappa shape index (κ3) is 2.11. The molecule has 1 saturated carbocycles. The molecule has 2 aliphatic rings. The lowest BCUT2D eigenvalue weighted by atomic mass is 9.89. The number of nitrogens with one attached hydrogen (secondary N) is 1. The van der Waals surface area contributed by atoms with Gasteiger partial charge in [-0.2, -0.15) is 0 Å². The van der Waals surface area contributed by atoms with Crippen LogP contribution in [0.25, 0.3) is 0 Å². The van der Waals surface area contributed by atoms with E-state index in [1.165, 1.54) is 38.1 Å². The molecule has 94 valence electrons. The Morgan fingerprint density at radius 2 is 2.18 bits per heavy atom. The summed E-state index contributed by atoms with van der Waals surface area (Å²) in [5.41, 5.74) is 0. The van der Waals surface area contributed by atoms with E-state index in [2.05, 4.69) is 33.0 Å². The second-order valence-corrected chi connectivity index (χ2v) is 5.25. The van der Waals surface area contributed by atoms with Crippen LogP contribution in [0.4, 0.5) is 0 Å². The minimum Gasteiger partial charge on any atom is -0.333 e. The summed E-state index contributed by atoms with van der Waals surface area (Å²) in [6, 6.07) is 1.38. The van der Waals surface area contributed by atoms with Gasteiger partial charge in [-0.3, -0.25) is 4.90 Å². The molecule has 1 aromatic rings. The van der Waals surface area contributed by atoms with Crippen LogP contribution in [0, 0.1) is 0 Å². The van der Waals surface area contributed by atoms with E-state index in [1.807, 2.05) is 6.20 Å². The second kappa shape index (κ2) is 4.78. The predicted octanol–water partition coefficient (Wildman–Crippen LogP) is 1.23. The van der Waals surface area contributed by atoms with Gasteiger partial charge in [0.25, 0.3) is 0 Å². The maximum absolute atomic E-state index is 4.45. The zero-order valence-electron chi connectivity index (χ0n) is 10.6. The Morgan fingerprint density at radius 3 is 3.06 bits per heavy atom. The van der Waals surface area contributed by atoms with Gasteiger partial charge in [-0.1, -0.05) is 12.8 Å². The standard InChI is InChI=1S/C13H22N4/c1-14-11-4-2-3-5-12(11)17-9-8-16-7-6-15-13(16)10-17/h6-7,11-12,14H,2-5,8-10H2,1H3. The van der Waals surface area contributed by atoms with E-state index < -0.39 is 0 Å². The highest BCUT2D eigenvalue weighted by molar-refractivity contribution is 4.98. The molecule has 0 radical (unpaired) electrons. The van der Waals surface area contributed by atoms with Crippen molar-refractivity contribution in [1.29, 1.82) is 0 Å². The maximum Gasteiger partial charge on any atom is 0.122 e. The minimum atomic E-state index is 0.672. The summed E-state index contributed by atoms with van der Waals surface area (Å²) in [5, 5.41) is 3.50. The van der Waals surface area contributed by atoms with Crippen LogP contribution in [0.5, 0.6) is 0 Å². The molecule has 0 bridgehead atoms. The predicted molar refractivity (Wildman–Crippen MR) is 67.7 cm³/mol. The Hall–Kier alpha value is -0.870. The number of hydrogen-bond donors (Lipinski definition) is 1. The Kier molecular flexibility index (Phi) is 3.16. The van der Waals surface area contributed by atoms with E-state index >= 15 is 0 Å². The van der Waals surface area contributed by atoms with Gasteiger partial charge in [-0.25, -0.2) is 4.98 Å². The van der Waals surface area contributed by atoms with E-state index in [0.29, 0.717) is 12.1 Å². The summed E-state index contributed by atoms with van der Waals surface area (Å²) in [6.45, 7) is 3.30. The Balaban J connectivity index is 1.72. The average molecular weight is 234 g/mol. The highest BCUT2D eigenvalue weighted by Crippen LogP contribution is 2.25. The number of imidazole rings is 1. The van der Waals surface area contributed by atoms with Crippen LogP contribution in [0.15, 0.2) is 12.4 Å². The Bertz CT molecular complexity index is 373. The van der Waals surface area contributed by atoms with Crippen molar-refractivity contribution in [2.24, 2.45) is 0 Å². The summed E-state index contributed by atoms with van der Waals surface area (Å²) in [7, 11) is 2.11. The van der Waals surface area contributed by atoms with Crippen molar-refractivity contribution in [3.63, 3.8) is 0 Å². The fourth-order valence-electron chi connectivity index (χ4n) is 3.36. The largest absolute Gasteiger partial charge is 0.333 e. The molecule has 0 saturated heterocycles. The van der Waals surface area contributed by atoms with Gasteiger partial charge in [0.1, 0.15) is 5.82 Å². The number of nitrogens with zero attached hydrogens (tertiary/aromatic N) is 3. The minimum absolute atomic E-state index is 0.672. The van der Waals surface area contributed by atoms with Crippen molar-refractivity contribution in [2.45, 2.75) is 50.9 Å². The highest BCUT2D eigenvalue weighted by atomic mass is 15.3. The molecule has 0 spiro atoms. The van der Waals surface area contributed by atoms with E-state index in [1.54, 1.807) is 0 Å². The first kappa shape index (κ1) is 11.2. The molecule has 4 nitrogen and oxygen atoms in total. The van der Waals surface area contributed by atoms with Gasteiger partial charge in [0.05, 0.1) is 6.54 Å². The molecule has 1 N–H and O–H groups in total. The van der Waals surface area contributed by atoms with Crippen LogP contribution in [0.2, 0.25) is 0 Å². The average Bonchev–Trinajstić information content (AvgIpc) is 2.85. The first-order valence-electron chi connectivity index (χ1n) is 6.80. The van der Waals surface area contributed by atoms with Crippen LogP contribution >= 0.6 is 0 Å². The molecule has 4 heteroatoms. The molecule has 17 heavy (non-hydrogen) atoms. The fraction of sp³-hybridized carbons (Fsp3) is 0.769. The third-order valence-electron chi connectivity index (χ3n) is 4.34. The second-order valence-electron chi connectivity index (χ2n) is 5.25. The molecule has 2 heterocycles. The van der Waals surface area contributed by atoms with Crippen LogP contribution in [0.1, 0.15) is 31.5 Å². The lowest BCUT2D eigenvalue weighted by molar-refractivity contribution is 0.0956. The molecule has 3 rings (SSSR count). The number of rotatable bonds is 2. The summed E-state index contributed by atoms with van der Waals surface area (Å²) >= 11 is 0. The van der Waals surface area contributed by atoms with Crippen molar-refractivity contribution in [1.82, 2.24) is 19.8 Å². The van der Waals surface area contributed by atoms with Crippen molar-refractivity contribution >= 4 is 0 Å². The zero-order chi connectivity index (χ0) is 11.7. The lowest BCUT2D eigenvalue weighted by Crippen LogP contribution is -2.52. The first-order chi connectivity index (χ1) is 8.38. The molecule has 2 atom stereocenters. The van der Waals surface area contributed by atoms with Crippen LogP contribution < -0.4 is 5.32 Å². The molecule has 1 fully saturated rings. The summed E-state index contributed by atoms with van der Waals surface area (Å²) in [6.07, 6.45) is 9.45. The number of fused-ring (bicyclic) bond motifs is 1. The quantitative estimate of drug-likeness (QED) is 0.835. The van der Waals surface area contributed by atoms with Gasteiger partial charge >= 0.3 is 0 Å². The van der Waals surface area contributed by atoms with Crippen LogP contribution in [-0.4, -0.2) is 40.1 Å². The molecule has 0 amide bonds. The van der Waals surface area contributed by atoms with Gasteiger partial charge in [-0.15, -0.1) is 0 Å². The van der Waals surface area contributed by atoms with Gasteiger partial charge in [-0.05, 0) is 19.9 Å². The summed E-state index contributed by atoms with van der Waals surface area (Å²) < 4.78 is 2.29. The molecule has 2 unspecified atom stereocenters. The van der Waals surface area contributed by atoms with Gasteiger partial charge in [0, 0.05) is 37.6 Å². The Labute approximate surface area is 103 Å². The molecule has 1 aromatic heterocycles. The summed E-state index contributed by atoms with van der Waals surface area (Å²) in [4.78, 5) is 7.08. The monoisotopic (exact) mass is 234 g/mol. The van der Waals surface area contributed by atoms with E-state index in [0.717, 1.165) is 13.1 Å². The van der Waals surface area contributed by atoms with Gasteiger partial charge < -0.3 is 9.88 Å². The highest BCUT2D eigenvalue weighted by Gasteiger charge is 2.31. The van der Waals surface area contributed by atoms with Crippen LogP contribution in [0.3, 0.4) is 0 Å². The number of aromatic nitrogens is 2. The lowest BCUT2D eigenvalue weighted by Gasteiger charge is -2.41. The Morgan fingerprint density at radius 1 is 1.29 bits per heavy atom. The topological polar surface area (TPSA) is 33.1 Å². The SMILES string of the molecule is CNC1CCCCC1N1CCn2ccnc2C1. The zero-order valence-corrected chi connectivity index (χ0v) is 10.6. The molecule has 1 aliphatic carbocycles. The van der Waals surface area contributed by atoms with Crippen molar-refractivity contribution in [3.05, 3.63) is 18.2 Å². The third-order valence-corrected chi connectivity index (χ3v) is 4.34. The maximum atomic E-state index is 4.45. The van der Waals surface area contributed by atoms with Crippen molar-refractivity contribution in [2.75, 3.05) is 13.6 Å². The normalized spacial score (nSPS) is 30.2.